The fourth-order valence-electron chi connectivity index (χ4n) is 2.70. The van der Waals surface area contributed by atoms with Gasteiger partial charge in [0.2, 0.25) is 0 Å². The summed E-state index contributed by atoms with van der Waals surface area (Å²) >= 11 is 1.76. The minimum absolute atomic E-state index is 0.00170. The average Bonchev–Trinajstić information content (AvgIpc) is 2.79. The molecule has 0 aromatic heterocycles. The molecule has 5 heteroatoms. The lowest BCUT2D eigenvalue weighted by atomic mass is 10.1. The van der Waals surface area contributed by atoms with Crippen LogP contribution in [0.2, 0.25) is 0 Å². The van der Waals surface area contributed by atoms with E-state index < -0.39 is 0 Å². The van der Waals surface area contributed by atoms with Gasteiger partial charge in [0.15, 0.2) is 0 Å². The van der Waals surface area contributed by atoms with Gasteiger partial charge in [-0.25, -0.2) is 0 Å². The molecule has 130 valence electrons. The molecule has 1 heterocycles. The van der Waals surface area contributed by atoms with E-state index in [9.17, 15) is 4.79 Å². The van der Waals surface area contributed by atoms with Crippen molar-refractivity contribution in [1.29, 1.82) is 0 Å². The average molecular weight is 353 g/mol. The van der Waals surface area contributed by atoms with Gasteiger partial charge in [-0.3, -0.25) is 4.79 Å². The quantitative estimate of drug-likeness (QED) is 0.848. The number of anilines is 2. The highest BCUT2D eigenvalue weighted by Gasteiger charge is 2.22. The van der Waals surface area contributed by atoms with Crippen LogP contribution in [0.3, 0.4) is 0 Å². The van der Waals surface area contributed by atoms with Crippen LogP contribution in [0.5, 0.6) is 0 Å². The number of rotatable bonds is 4. The molecule has 1 amide bonds. The number of thioether (sulfide) groups is 1. The summed E-state index contributed by atoms with van der Waals surface area (Å²) in [5, 5.41) is 0. The molecule has 0 saturated heterocycles. The Morgan fingerprint density at radius 3 is 2.60 bits per heavy atom. The van der Waals surface area contributed by atoms with E-state index in [-0.39, 0.29) is 5.91 Å². The molecule has 0 saturated carbocycles. The predicted molar refractivity (Wildman–Crippen MR) is 106 cm³/mol. The van der Waals surface area contributed by atoms with Crippen LogP contribution >= 0.6 is 11.8 Å². The van der Waals surface area contributed by atoms with Crippen LogP contribution in [0.15, 0.2) is 64.4 Å². The van der Waals surface area contributed by atoms with Crippen molar-refractivity contribution in [1.82, 2.24) is 4.90 Å². The monoisotopic (exact) mass is 353 g/mol. The topological polar surface area (TPSA) is 49.6 Å². The number of benzene rings is 2. The molecule has 0 spiro atoms. The van der Waals surface area contributed by atoms with Crippen molar-refractivity contribution in [3.8, 4) is 0 Å². The van der Waals surface area contributed by atoms with E-state index in [2.05, 4.69) is 31.1 Å². The van der Waals surface area contributed by atoms with E-state index in [1.807, 2.05) is 23.1 Å². The molecule has 2 aromatic rings. The second-order valence-electron chi connectivity index (χ2n) is 6.33. The number of amides is 1. The maximum absolute atomic E-state index is 13.0. The Morgan fingerprint density at radius 1 is 1.16 bits per heavy atom. The van der Waals surface area contributed by atoms with Crippen LogP contribution in [0.25, 0.3) is 0 Å². The Balaban J connectivity index is 1.90. The first-order valence-electron chi connectivity index (χ1n) is 8.32. The van der Waals surface area contributed by atoms with Gasteiger partial charge < -0.3 is 15.5 Å². The highest BCUT2D eigenvalue weighted by atomic mass is 32.2. The zero-order valence-electron chi connectivity index (χ0n) is 14.6. The fraction of sp³-hybridized carbons (Fsp3) is 0.250. The summed E-state index contributed by atoms with van der Waals surface area (Å²) in [6.07, 6.45) is 3.15. The van der Waals surface area contributed by atoms with E-state index in [1.165, 1.54) is 4.91 Å². The van der Waals surface area contributed by atoms with Crippen molar-refractivity contribution in [2.45, 2.75) is 11.3 Å². The number of carbonyl (C=O) groups is 1. The molecule has 3 rings (SSSR count). The summed E-state index contributed by atoms with van der Waals surface area (Å²) in [7, 11) is 4.15. The minimum atomic E-state index is -0.00170. The molecule has 2 N–H and O–H groups in total. The zero-order chi connectivity index (χ0) is 17.8. The number of nitrogens with two attached hydrogens (primary N) is 1. The molecule has 0 radical (unpaired) electrons. The van der Waals surface area contributed by atoms with Crippen molar-refractivity contribution in [2.24, 2.45) is 0 Å². The first kappa shape index (κ1) is 17.6. The SMILES string of the molecule is CN(C)CCC1=CCN(C(=O)c2ccc(N)cc2)c2ccccc2S1. The summed E-state index contributed by atoms with van der Waals surface area (Å²) in [6.45, 7) is 1.57. The van der Waals surface area contributed by atoms with Crippen molar-refractivity contribution in [3.63, 3.8) is 0 Å². The summed E-state index contributed by atoms with van der Waals surface area (Å²) < 4.78 is 0. The molecule has 0 aliphatic carbocycles. The van der Waals surface area contributed by atoms with E-state index in [1.54, 1.807) is 36.0 Å². The number of carbonyl (C=O) groups excluding carboxylic acids is 1. The molecule has 0 atom stereocenters. The minimum Gasteiger partial charge on any atom is -0.399 e. The van der Waals surface area contributed by atoms with Gasteiger partial charge in [0.1, 0.15) is 0 Å². The number of fused-ring (bicyclic) bond motifs is 1. The molecule has 0 bridgehead atoms. The molecule has 0 fully saturated rings. The molecule has 2 aromatic carbocycles. The molecule has 4 nitrogen and oxygen atoms in total. The van der Waals surface area contributed by atoms with Gasteiger partial charge in [0.05, 0.1) is 5.69 Å². The standard InChI is InChI=1S/C20H23N3OS/c1-22(2)13-11-17-12-14-23(18-5-3-4-6-19(18)25-17)20(24)15-7-9-16(21)10-8-15/h3-10,12H,11,13-14,21H2,1-2H3. The van der Waals surface area contributed by atoms with Crippen molar-refractivity contribution in [2.75, 3.05) is 37.8 Å². The Kier molecular flexibility index (Phi) is 5.46. The van der Waals surface area contributed by atoms with Gasteiger partial charge >= 0.3 is 0 Å². The summed E-state index contributed by atoms with van der Waals surface area (Å²) in [5.74, 6) is -0.00170. The third-order valence-electron chi connectivity index (χ3n) is 4.11. The van der Waals surface area contributed by atoms with Gasteiger partial charge in [-0.2, -0.15) is 0 Å². The molecule has 25 heavy (non-hydrogen) atoms. The molecule has 1 aliphatic rings. The maximum Gasteiger partial charge on any atom is 0.258 e. The third-order valence-corrected chi connectivity index (χ3v) is 5.30. The van der Waals surface area contributed by atoms with Crippen LogP contribution in [0.1, 0.15) is 16.8 Å². The van der Waals surface area contributed by atoms with Crippen molar-refractivity contribution >= 4 is 29.0 Å². The first-order chi connectivity index (χ1) is 12.0. The van der Waals surface area contributed by atoms with E-state index in [0.29, 0.717) is 17.8 Å². The van der Waals surface area contributed by atoms with Crippen LogP contribution in [-0.2, 0) is 0 Å². The highest BCUT2D eigenvalue weighted by molar-refractivity contribution is 8.03. The lowest BCUT2D eigenvalue weighted by molar-refractivity contribution is 0.0989. The number of para-hydroxylation sites is 1. The highest BCUT2D eigenvalue weighted by Crippen LogP contribution is 2.39. The largest absolute Gasteiger partial charge is 0.399 e. The lowest BCUT2D eigenvalue weighted by Gasteiger charge is -2.22. The second kappa shape index (κ2) is 7.76. The summed E-state index contributed by atoms with van der Waals surface area (Å²) in [4.78, 5) is 19.5. The predicted octanol–water partition coefficient (Wildman–Crippen LogP) is 3.86. The smallest absolute Gasteiger partial charge is 0.258 e. The summed E-state index contributed by atoms with van der Waals surface area (Å²) in [5.41, 5.74) is 8.02. The normalized spacial score (nSPS) is 14.0. The lowest BCUT2D eigenvalue weighted by Crippen LogP contribution is -2.31. The third kappa shape index (κ3) is 4.24. The van der Waals surface area contributed by atoms with Gasteiger partial charge in [0.25, 0.3) is 5.91 Å². The van der Waals surface area contributed by atoms with Gasteiger partial charge in [-0.15, -0.1) is 0 Å². The van der Waals surface area contributed by atoms with Gasteiger partial charge in [0, 0.05) is 29.2 Å². The number of hydrogen-bond acceptors (Lipinski definition) is 4. The fourth-order valence-corrected chi connectivity index (χ4v) is 3.76. The van der Waals surface area contributed by atoms with E-state index >= 15 is 0 Å². The Bertz CT molecular complexity index is 784. The van der Waals surface area contributed by atoms with E-state index in [0.717, 1.165) is 23.5 Å². The number of hydrogen-bond donors (Lipinski definition) is 1. The Hall–Kier alpha value is -2.24. The van der Waals surface area contributed by atoms with Crippen LogP contribution in [-0.4, -0.2) is 38.0 Å². The van der Waals surface area contributed by atoms with Crippen molar-refractivity contribution in [3.05, 3.63) is 65.1 Å². The zero-order valence-corrected chi connectivity index (χ0v) is 15.4. The number of nitrogens with zero attached hydrogens (tertiary/aromatic N) is 2. The van der Waals surface area contributed by atoms with Crippen LogP contribution in [0, 0.1) is 0 Å². The maximum atomic E-state index is 13.0. The van der Waals surface area contributed by atoms with Crippen LogP contribution < -0.4 is 10.6 Å². The van der Waals surface area contributed by atoms with Crippen molar-refractivity contribution < 1.29 is 4.79 Å². The van der Waals surface area contributed by atoms with E-state index in [4.69, 9.17) is 5.73 Å². The van der Waals surface area contributed by atoms with Gasteiger partial charge in [-0.1, -0.05) is 30.0 Å². The molecule has 0 unspecified atom stereocenters. The first-order valence-corrected chi connectivity index (χ1v) is 9.14. The molecule has 1 aliphatic heterocycles. The van der Waals surface area contributed by atoms with Crippen LogP contribution in [0.4, 0.5) is 11.4 Å². The summed E-state index contributed by atoms with van der Waals surface area (Å²) in [6, 6.07) is 15.2. The van der Waals surface area contributed by atoms with Gasteiger partial charge in [-0.05, 0) is 61.8 Å². The second-order valence-corrected chi connectivity index (χ2v) is 7.50. The Labute approximate surface area is 153 Å². The number of nitrogen functional groups attached to an aromatic ring is 1. The molecular weight excluding hydrogens is 330 g/mol. The Morgan fingerprint density at radius 2 is 1.88 bits per heavy atom. The molecular formula is C20H23N3OS.